The van der Waals surface area contributed by atoms with Crippen molar-refractivity contribution in [2.45, 2.75) is 38.9 Å². The predicted octanol–water partition coefficient (Wildman–Crippen LogP) is 2.31. The molecule has 0 bridgehead atoms. The number of carbonyl (C=O) groups is 1. The van der Waals surface area contributed by atoms with Gasteiger partial charge in [-0.3, -0.25) is 9.59 Å². The molecule has 0 fully saturated rings. The van der Waals surface area contributed by atoms with Gasteiger partial charge in [0.2, 0.25) is 0 Å². The smallest absolute Gasteiger partial charge is 0.349 e. The van der Waals surface area contributed by atoms with Crippen LogP contribution >= 0.6 is 0 Å². The summed E-state index contributed by atoms with van der Waals surface area (Å²) in [5, 5.41) is 2.56. The molecule has 106 valence electrons. The van der Waals surface area contributed by atoms with E-state index < -0.39 is 23.3 Å². The third kappa shape index (κ3) is 4.11. The maximum atomic E-state index is 12.3. The summed E-state index contributed by atoms with van der Waals surface area (Å²) in [4.78, 5) is 24.8. The summed E-state index contributed by atoms with van der Waals surface area (Å²) in [5.41, 5.74) is -2.54. The molecule has 1 amide bonds. The first-order valence-electron chi connectivity index (χ1n) is 5.87. The second kappa shape index (κ2) is 5.90. The van der Waals surface area contributed by atoms with Crippen LogP contribution in [0.5, 0.6) is 0 Å². The average molecular weight is 276 g/mol. The van der Waals surface area contributed by atoms with Crippen molar-refractivity contribution in [3.05, 3.63) is 33.7 Å². The first kappa shape index (κ1) is 15.3. The quantitative estimate of drug-likeness (QED) is 0.886. The third-order valence-corrected chi connectivity index (χ3v) is 2.56. The zero-order chi connectivity index (χ0) is 14.6. The number of amides is 1. The molecule has 0 aliphatic carbocycles. The van der Waals surface area contributed by atoms with Gasteiger partial charge in [-0.15, -0.1) is 0 Å². The van der Waals surface area contributed by atoms with Crippen LogP contribution in [0.25, 0.3) is 0 Å². The second-order valence-electron chi connectivity index (χ2n) is 4.28. The molecule has 1 atom stereocenters. The van der Waals surface area contributed by atoms with Gasteiger partial charge in [-0.05, 0) is 25.5 Å². The third-order valence-electron chi connectivity index (χ3n) is 2.56. The highest BCUT2D eigenvalue weighted by molar-refractivity contribution is 5.93. The topological polar surface area (TPSA) is 62.0 Å². The highest BCUT2D eigenvalue weighted by atomic mass is 19.4. The Morgan fingerprint density at radius 2 is 2.05 bits per heavy atom. The van der Waals surface area contributed by atoms with Gasteiger partial charge in [-0.2, -0.15) is 13.2 Å². The molecule has 0 unspecified atom stereocenters. The minimum absolute atomic E-state index is 0.140. The van der Waals surface area contributed by atoms with E-state index >= 15 is 0 Å². The van der Waals surface area contributed by atoms with Gasteiger partial charge in [0, 0.05) is 6.04 Å². The van der Waals surface area contributed by atoms with Crippen molar-refractivity contribution in [1.82, 2.24) is 10.3 Å². The van der Waals surface area contributed by atoms with Crippen LogP contribution in [0.2, 0.25) is 0 Å². The Morgan fingerprint density at radius 3 is 2.53 bits per heavy atom. The number of H-pyrrole nitrogens is 1. The maximum Gasteiger partial charge on any atom is 0.431 e. The Bertz CT molecular complexity index is 508. The van der Waals surface area contributed by atoms with Crippen molar-refractivity contribution < 1.29 is 18.0 Å². The van der Waals surface area contributed by atoms with Crippen LogP contribution in [0.3, 0.4) is 0 Å². The van der Waals surface area contributed by atoms with Gasteiger partial charge in [0.15, 0.2) is 0 Å². The first-order valence-corrected chi connectivity index (χ1v) is 5.87. The lowest BCUT2D eigenvalue weighted by Gasteiger charge is -2.12. The molecule has 0 aromatic carbocycles. The average Bonchev–Trinajstić information content (AvgIpc) is 2.27. The van der Waals surface area contributed by atoms with E-state index in [1.807, 2.05) is 6.92 Å². The van der Waals surface area contributed by atoms with Crippen molar-refractivity contribution in [2.24, 2.45) is 0 Å². The molecule has 2 N–H and O–H groups in total. The van der Waals surface area contributed by atoms with Crippen LogP contribution in [0.4, 0.5) is 13.2 Å². The maximum absolute atomic E-state index is 12.3. The lowest BCUT2D eigenvalue weighted by Crippen LogP contribution is -2.36. The van der Waals surface area contributed by atoms with Crippen LogP contribution in [0.1, 0.15) is 42.7 Å². The van der Waals surface area contributed by atoms with E-state index in [0.29, 0.717) is 6.07 Å². The largest absolute Gasteiger partial charge is 0.431 e. The fraction of sp³-hybridized carbons (Fsp3) is 0.500. The van der Waals surface area contributed by atoms with Gasteiger partial charge < -0.3 is 10.3 Å². The molecule has 0 aliphatic heterocycles. The van der Waals surface area contributed by atoms with E-state index in [1.54, 1.807) is 11.9 Å². The Kier molecular flexibility index (Phi) is 4.74. The fourth-order valence-corrected chi connectivity index (χ4v) is 1.62. The van der Waals surface area contributed by atoms with E-state index in [0.717, 1.165) is 18.9 Å². The van der Waals surface area contributed by atoms with E-state index in [2.05, 4.69) is 5.32 Å². The molecule has 1 aromatic heterocycles. The summed E-state index contributed by atoms with van der Waals surface area (Å²) >= 11 is 0. The van der Waals surface area contributed by atoms with Crippen LogP contribution < -0.4 is 10.9 Å². The SMILES string of the molecule is CCC[C@@H](C)NC(=O)c1ccc(C(F)(F)F)[nH]c1=O. The number of nitrogens with one attached hydrogen (secondary N) is 2. The number of aromatic nitrogens is 1. The highest BCUT2D eigenvalue weighted by Gasteiger charge is 2.32. The molecular formula is C12H15F3N2O2. The molecule has 0 saturated carbocycles. The van der Waals surface area contributed by atoms with Gasteiger partial charge in [0.05, 0.1) is 0 Å². The number of carbonyl (C=O) groups excluding carboxylic acids is 1. The zero-order valence-electron chi connectivity index (χ0n) is 10.6. The van der Waals surface area contributed by atoms with E-state index in [1.165, 1.54) is 0 Å². The normalized spacial score (nSPS) is 13.1. The van der Waals surface area contributed by atoms with E-state index in [4.69, 9.17) is 0 Å². The summed E-state index contributed by atoms with van der Waals surface area (Å²) in [6.07, 6.45) is -3.06. The van der Waals surface area contributed by atoms with Crippen LogP contribution in [-0.2, 0) is 6.18 Å². The van der Waals surface area contributed by atoms with Gasteiger partial charge in [0.1, 0.15) is 11.3 Å². The summed E-state index contributed by atoms with van der Waals surface area (Å²) in [6, 6.07) is 1.43. The van der Waals surface area contributed by atoms with Gasteiger partial charge in [-0.1, -0.05) is 13.3 Å². The molecule has 0 aliphatic rings. The number of halogens is 3. The number of alkyl halides is 3. The van der Waals surface area contributed by atoms with Crippen LogP contribution in [0.15, 0.2) is 16.9 Å². The van der Waals surface area contributed by atoms with Crippen molar-refractivity contribution in [3.63, 3.8) is 0 Å². The minimum atomic E-state index is -4.64. The molecule has 0 radical (unpaired) electrons. The van der Waals surface area contributed by atoms with Gasteiger partial charge in [-0.25, -0.2) is 0 Å². The van der Waals surface area contributed by atoms with Crippen LogP contribution in [-0.4, -0.2) is 16.9 Å². The number of pyridine rings is 1. The summed E-state index contributed by atoms with van der Waals surface area (Å²) in [6.45, 7) is 3.70. The molecular weight excluding hydrogens is 261 g/mol. The first-order chi connectivity index (χ1) is 8.75. The molecule has 19 heavy (non-hydrogen) atoms. The molecule has 1 heterocycles. The molecule has 1 aromatic rings. The predicted molar refractivity (Wildman–Crippen MR) is 63.9 cm³/mol. The second-order valence-corrected chi connectivity index (χ2v) is 4.28. The van der Waals surface area contributed by atoms with Crippen molar-refractivity contribution in [1.29, 1.82) is 0 Å². The number of rotatable bonds is 4. The number of aromatic amines is 1. The number of hydrogen-bond donors (Lipinski definition) is 2. The monoisotopic (exact) mass is 276 g/mol. The fourth-order valence-electron chi connectivity index (χ4n) is 1.62. The van der Waals surface area contributed by atoms with Crippen molar-refractivity contribution in [3.8, 4) is 0 Å². The van der Waals surface area contributed by atoms with Gasteiger partial charge >= 0.3 is 6.18 Å². The Balaban J connectivity index is 2.91. The Morgan fingerprint density at radius 1 is 1.42 bits per heavy atom. The molecule has 7 heteroatoms. The standard InChI is InChI=1S/C12H15F3N2O2/c1-3-4-7(2)16-10(18)8-5-6-9(12(13,14)15)17-11(8)19/h5-7H,3-4H2,1-2H3,(H,16,18)(H,17,19)/t7-/m1/s1. The summed E-state index contributed by atoms with van der Waals surface area (Å²) in [5.74, 6) is -0.670. The van der Waals surface area contributed by atoms with Gasteiger partial charge in [0.25, 0.3) is 11.5 Å². The minimum Gasteiger partial charge on any atom is -0.349 e. The molecule has 1 rings (SSSR count). The molecule has 4 nitrogen and oxygen atoms in total. The molecule has 0 spiro atoms. The summed E-state index contributed by atoms with van der Waals surface area (Å²) < 4.78 is 37.0. The number of hydrogen-bond acceptors (Lipinski definition) is 2. The summed E-state index contributed by atoms with van der Waals surface area (Å²) in [7, 11) is 0. The zero-order valence-corrected chi connectivity index (χ0v) is 10.6. The van der Waals surface area contributed by atoms with E-state index in [9.17, 15) is 22.8 Å². The Labute approximate surface area is 108 Å². The van der Waals surface area contributed by atoms with Crippen molar-refractivity contribution >= 4 is 5.91 Å². The molecule has 0 saturated heterocycles. The highest BCUT2D eigenvalue weighted by Crippen LogP contribution is 2.26. The van der Waals surface area contributed by atoms with Crippen LogP contribution in [0, 0.1) is 0 Å². The van der Waals surface area contributed by atoms with E-state index in [-0.39, 0.29) is 11.6 Å². The lowest BCUT2D eigenvalue weighted by atomic mass is 10.1. The van der Waals surface area contributed by atoms with Crippen molar-refractivity contribution in [2.75, 3.05) is 0 Å². The lowest BCUT2D eigenvalue weighted by molar-refractivity contribution is -0.141. The Hall–Kier alpha value is -1.79.